The monoisotopic (exact) mass is 536 g/mol. The molecular formula is C20H33IN4O3S. The molecule has 1 unspecified atom stereocenters. The highest BCUT2D eigenvalue weighted by molar-refractivity contribution is 14.0. The second kappa shape index (κ2) is 11.4. The molecule has 2 aliphatic heterocycles. The van der Waals surface area contributed by atoms with Gasteiger partial charge >= 0.3 is 0 Å². The Morgan fingerprint density at radius 3 is 2.52 bits per heavy atom. The van der Waals surface area contributed by atoms with Crippen LogP contribution in [0.3, 0.4) is 0 Å². The van der Waals surface area contributed by atoms with Crippen LogP contribution < -0.4 is 10.1 Å². The number of ether oxygens (including phenoxy) is 1. The maximum atomic E-state index is 11.5. The Balaban J connectivity index is 0.00000300. The summed E-state index contributed by atoms with van der Waals surface area (Å²) in [4.78, 5) is 9.99. The molecule has 2 fully saturated rings. The van der Waals surface area contributed by atoms with Gasteiger partial charge in [0.05, 0.1) is 11.4 Å². The first-order chi connectivity index (χ1) is 13.5. The first kappa shape index (κ1) is 24.2. The van der Waals surface area contributed by atoms with Gasteiger partial charge in [0.2, 0.25) is 0 Å². The standard InChI is InChI=1S/C20H32N4O3S.HI/c1-3-21-20(24-14-10-17(16-24)23-12-4-5-13-23)22-11-15-27-18-6-8-19(9-7-18)28(2,25)26;/h6-9,17H,3-5,10-16H2,1-2H3,(H,21,22);1H. The Kier molecular flexibility index (Phi) is 9.48. The highest BCUT2D eigenvalue weighted by Gasteiger charge is 2.30. The molecule has 0 bridgehead atoms. The van der Waals surface area contributed by atoms with E-state index in [9.17, 15) is 8.42 Å². The van der Waals surface area contributed by atoms with Gasteiger partial charge in [0, 0.05) is 31.9 Å². The molecule has 9 heteroatoms. The fraction of sp³-hybridized carbons (Fsp3) is 0.650. The largest absolute Gasteiger partial charge is 0.492 e. The number of nitrogens with one attached hydrogen (secondary N) is 1. The molecule has 2 aliphatic rings. The summed E-state index contributed by atoms with van der Waals surface area (Å²) >= 11 is 0. The average Bonchev–Trinajstić information content (AvgIpc) is 3.35. The Morgan fingerprint density at radius 2 is 1.90 bits per heavy atom. The van der Waals surface area contributed by atoms with Crippen molar-refractivity contribution in [1.29, 1.82) is 0 Å². The summed E-state index contributed by atoms with van der Waals surface area (Å²) < 4.78 is 28.7. The summed E-state index contributed by atoms with van der Waals surface area (Å²) in [5.41, 5.74) is 0. The Bertz CT molecular complexity index is 764. The average molecular weight is 536 g/mol. The van der Waals surface area contributed by atoms with E-state index in [0.717, 1.165) is 25.6 Å². The minimum atomic E-state index is -3.18. The maximum absolute atomic E-state index is 11.5. The second-order valence-electron chi connectivity index (χ2n) is 7.46. The van der Waals surface area contributed by atoms with E-state index in [4.69, 9.17) is 9.73 Å². The van der Waals surface area contributed by atoms with Crippen molar-refractivity contribution in [2.45, 2.75) is 37.1 Å². The summed E-state index contributed by atoms with van der Waals surface area (Å²) in [7, 11) is -3.18. The lowest BCUT2D eigenvalue weighted by Crippen LogP contribution is -2.42. The van der Waals surface area contributed by atoms with Crippen molar-refractivity contribution >= 4 is 39.8 Å². The first-order valence-corrected chi connectivity index (χ1v) is 12.1. The number of rotatable bonds is 7. The van der Waals surface area contributed by atoms with E-state index in [0.29, 0.717) is 29.8 Å². The van der Waals surface area contributed by atoms with Gasteiger partial charge in [0.25, 0.3) is 0 Å². The van der Waals surface area contributed by atoms with Crippen molar-refractivity contribution in [2.75, 3.05) is 52.1 Å². The van der Waals surface area contributed by atoms with E-state index in [1.54, 1.807) is 24.3 Å². The Labute approximate surface area is 191 Å². The van der Waals surface area contributed by atoms with Crippen LogP contribution in [0, 0.1) is 0 Å². The Hall–Kier alpha value is -1.07. The van der Waals surface area contributed by atoms with Crippen LogP contribution in [0.15, 0.2) is 34.2 Å². The van der Waals surface area contributed by atoms with Gasteiger partial charge in [-0.2, -0.15) is 0 Å². The number of nitrogens with zero attached hydrogens (tertiary/aromatic N) is 3. The van der Waals surface area contributed by atoms with Crippen molar-refractivity contribution in [3.8, 4) is 5.75 Å². The van der Waals surface area contributed by atoms with E-state index < -0.39 is 9.84 Å². The van der Waals surface area contributed by atoms with Gasteiger partial charge in [-0.15, -0.1) is 24.0 Å². The number of aliphatic imine (C=N–C) groups is 1. The number of likely N-dealkylation sites (tertiary alicyclic amines) is 2. The molecule has 0 aliphatic carbocycles. The first-order valence-electron chi connectivity index (χ1n) is 10.2. The predicted octanol–water partition coefficient (Wildman–Crippen LogP) is 2.22. The lowest BCUT2D eigenvalue weighted by Gasteiger charge is -2.25. The van der Waals surface area contributed by atoms with Crippen LogP contribution in [0.2, 0.25) is 0 Å². The van der Waals surface area contributed by atoms with Crippen LogP contribution in [0.25, 0.3) is 0 Å². The second-order valence-corrected chi connectivity index (χ2v) is 9.48. The highest BCUT2D eigenvalue weighted by atomic mass is 127. The van der Waals surface area contributed by atoms with Crippen LogP contribution in [0.5, 0.6) is 5.75 Å². The van der Waals surface area contributed by atoms with E-state index >= 15 is 0 Å². The van der Waals surface area contributed by atoms with E-state index in [-0.39, 0.29) is 24.0 Å². The topological polar surface area (TPSA) is 74.2 Å². The summed E-state index contributed by atoms with van der Waals surface area (Å²) in [5, 5.41) is 3.39. The Morgan fingerprint density at radius 1 is 1.21 bits per heavy atom. The molecule has 0 saturated carbocycles. The van der Waals surface area contributed by atoms with Gasteiger partial charge in [0.15, 0.2) is 15.8 Å². The minimum absolute atomic E-state index is 0. The quantitative estimate of drug-likeness (QED) is 0.250. The molecule has 0 aromatic heterocycles. The van der Waals surface area contributed by atoms with Crippen LogP contribution >= 0.6 is 24.0 Å². The smallest absolute Gasteiger partial charge is 0.194 e. The number of halogens is 1. The number of hydrogen-bond donors (Lipinski definition) is 1. The molecule has 7 nitrogen and oxygen atoms in total. The number of sulfone groups is 1. The van der Waals surface area contributed by atoms with Gasteiger partial charge in [-0.05, 0) is 63.5 Å². The van der Waals surface area contributed by atoms with E-state index in [1.165, 1.54) is 38.6 Å². The summed E-state index contributed by atoms with van der Waals surface area (Å²) in [6.07, 6.45) is 5.06. The van der Waals surface area contributed by atoms with Crippen molar-refractivity contribution in [3.63, 3.8) is 0 Å². The molecule has 1 aromatic carbocycles. The molecule has 164 valence electrons. The van der Waals surface area contributed by atoms with Crippen LogP contribution in [-0.4, -0.2) is 82.4 Å². The van der Waals surface area contributed by atoms with Crippen molar-refractivity contribution < 1.29 is 13.2 Å². The molecule has 29 heavy (non-hydrogen) atoms. The fourth-order valence-electron chi connectivity index (χ4n) is 3.86. The third-order valence-electron chi connectivity index (χ3n) is 5.33. The molecule has 2 saturated heterocycles. The van der Waals surface area contributed by atoms with Crippen LogP contribution in [-0.2, 0) is 9.84 Å². The third-order valence-corrected chi connectivity index (χ3v) is 6.46. The van der Waals surface area contributed by atoms with E-state index in [2.05, 4.69) is 22.0 Å². The number of benzene rings is 1. The third kappa shape index (κ3) is 6.99. The molecule has 1 N–H and O–H groups in total. The molecule has 2 heterocycles. The molecule has 1 atom stereocenters. The van der Waals surface area contributed by atoms with E-state index in [1.807, 2.05) is 0 Å². The van der Waals surface area contributed by atoms with Crippen molar-refractivity contribution in [1.82, 2.24) is 15.1 Å². The van der Waals surface area contributed by atoms with Gasteiger partial charge < -0.3 is 15.0 Å². The van der Waals surface area contributed by atoms with Crippen LogP contribution in [0.4, 0.5) is 0 Å². The zero-order chi connectivity index (χ0) is 20.0. The normalized spacial score (nSPS) is 20.6. The SMILES string of the molecule is CCNC(=NCCOc1ccc(S(C)(=O)=O)cc1)N1CCC(N2CCCC2)C1.I. The summed E-state index contributed by atoms with van der Waals surface area (Å²) in [6.45, 7) is 8.50. The maximum Gasteiger partial charge on any atom is 0.194 e. The molecular weight excluding hydrogens is 503 g/mol. The van der Waals surface area contributed by atoms with Gasteiger partial charge in [-0.1, -0.05) is 0 Å². The molecule has 0 spiro atoms. The van der Waals surface area contributed by atoms with Crippen LogP contribution in [0.1, 0.15) is 26.2 Å². The van der Waals surface area contributed by atoms with Crippen molar-refractivity contribution in [2.24, 2.45) is 4.99 Å². The summed E-state index contributed by atoms with van der Waals surface area (Å²) in [5.74, 6) is 1.61. The zero-order valence-electron chi connectivity index (χ0n) is 17.3. The fourth-order valence-corrected chi connectivity index (χ4v) is 4.49. The molecule has 3 rings (SSSR count). The van der Waals surface area contributed by atoms with Gasteiger partial charge in [-0.3, -0.25) is 4.90 Å². The lowest BCUT2D eigenvalue weighted by atomic mass is 10.2. The zero-order valence-corrected chi connectivity index (χ0v) is 20.5. The molecule has 0 radical (unpaired) electrons. The number of hydrogen-bond acceptors (Lipinski definition) is 5. The van der Waals surface area contributed by atoms with Gasteiger partial charge in [0.1, 0.15) is 12.4 Å². The highest BCUT2D eigenvalue weighted by Crippen LogP contribution is 2.20. The lowest BCUT2D eigenvalue weighted by molar-refractivity contribution is 0.249. The number of guanidine groups is 1. The minimum Gasteiger partial charge on any atom is -0.492 e. The summed E-state index contributed by atoms with van der Waals surface area (Å²) in [6, 6.07) is 7.16. The molecule has 0 amide bonds. The van der Waals surface area contributed by atoms with Gasteiger partial charge in [-0.25, -0.2) is 13.4 Å². The van der Waals surface area contributed by atoms with Crippen molar-refractivity contribution in [3.05, 3.63) is 24.3 Å². The molecule has 1 aromatic rings. The predicted molar refractivity (Wildman–Crippen MR) is 127 cm³/mol.